The molecule has 0 aliphatic heterocycles. The molecule has 4 rings (SSSR count). The third kappa shape index (κ3) is 5.12. The normalized spacial score (nSPS) is 12.9. The summed E-state index contributed by atoms with van der Waals surface area (Å²) in [5, 5.41) is 12.3. The minimum atomic E-state index is -3.98. The van der Waals surface area contributed by atoms with Gasteiger partial charge < -0.3 is 13.9 Å². The molecule has 11 nitrogen and oxygen atoms in total. The molecule has 0 bridgehead atoms. The van der Waals surface area contributed by atoms with E-state index in [1.54, 1.807) is 39.8 Å². The van der Waals surface area contributed by atoms with E-state index in [1.165, 1.54) is 37.6 Å². The van der Waals surface area contributed by atoms with Crippen LogP contribution in [-0.4, -0.2) is 45.7 Å². The van der Waals surface area contributed by atoms with Crippen LogP contribution in [0.25, 0.3) is 23.0 Å². The van der Waals surface area contributed by atoms with Crippen molar-refractivity contribution in [2.45, 2.75) is 45.7 Å². The molecule has 1 unspecified atom stereocenters. The van der Waals surface area contributed by atoms with Gasteiger partial charge in [0.15, 0.2) is 11.5 Å². The molecule has 0 saturated carbocycles. The van der Waals surface area contributed by atoms with Crippen molar-refractivity contribution in [3.05, 3.63) is 53.2 Å². The number of furan rings is 1. The lowest BCUT2D eigenvalue weighted by molar-refractivity contribution is -0.163. The molecule has 0 radical (unpaired) electrons. The van der Waals surface area contributed by atoms with Gasteiger partial charge in [-0.2, -0.15) is 0 Å². The van der Waals surface area contributed by atoms with Crippen LogP contribution in [0.5, 0.6) is 5.75 Å². The minimum absolute atomic E-state index is 0.0392. The van der Waals surface area contributed by atoms with Crippen molar-refractivity contribution in [1.82, 2.24) is 24.2 Å². The Morgan fingerprint density at radius 3 is 2.46 bits per heavy atom. The van der Waals surface area contributed by atoms with Crippen LogP contribution in [0.1, 0.15) is 39.5 Å². The molecule has 0 aliphatic carbocycles. The van der Waals surface area contributed by atoms with Gasteiger partial charge in [0.2, 0.25) is 17.8 Å². The lowest BCUT2D eigenvalue weighted by Gasteiger charge is -2.19. The fourth-order valence-electron chi connectivity index (χ4n) is 3.29. The molecule has 196 valence electrons. The van der Waals surface area contributed by atoms with Crippen molar-refractivity contribution in [2.24, 2.45) is 5.41 Å². The molecule has 0 N–H and O–H groups in total. The number of halogens is 1. The SMILES string of the molecule is COc1cc(-c2c(Cl)ccn2S(=O)(=O)c2ccc(C)cc2)oc1-c1nnn(C(C)OC(=O)C(C)(C)C)n1. The maximum Gasteiger partial charge on any atom is 0.313 e. The van der Waals surface area contributed by atoms with E-state index in [2.05, 4.69) is 15.4 Å². The summed E-state index contributed by atoms with van der Waals surface area (Å²) in [4.78, 5) is 13.4. The van der Waals surface area contributed by atoms with Crippen molar-refractivity contribution in [1.29, 1.82) is 0 Å². The fraction of sp³-hybridized carbons (Fsp3) is 0.333. The van der Waals surface area contributed by atoms with Gasteiger partial charge >= 0.3 is 5.97 Å². The average molecular weight is 548 g/mol. The summed E-state index contributed by atoms with van der Waals surface area (Å²) in [7, 11) is -2.57. The number of hydrogen-bond donors (Lipinski definition) is 0. The maximum absolute atomic E-state index is 13.4. The summed E-state index contributed by atoms with van der Waals surface area (Å²) in [5.74, 6) is 0.0421. The summed E-state index contributed by atoms with van der Waals surface area (Å²) < 4.78 is 44.6. The molecule has 0 spiro atoms. The summed E-state index contributed by atoms with van der Waals surface area (Å²) in [5.41, 5.74) is 0.323. The second kappa shape index (κ2) is 9.67. The smallest absolute Gasteiger partial charge is 0.313 e. The molecule has 1 aromatic carbocycles. The van der Waals surface area contributed by atoms with Crippen LogP contribution >= 0.6 is 11.6 Å². The van der Waals surface area contributed by atoms with Crippen molar-refractivity contribution in [2.75, 3.05) is 7.11 Å². The predicted octanol–water partition coefficient (Wildman–Crippen LogP) is 4.72. The number of aryl methyl sites for hydroxylation is 1. The molecule has 13 heteroatoms. The van der Waals surface area contributed by atoms with Crippen molar-refractivity contribution >= 4 is 27.6 Å². The van der Waals surface area contributed by atoms with Crippen LogP contribution in [0, 0.1) is 12.3 Å². The fourth-order valence-corrected chi connectivity index (χ4v) is 4.94. The zero-order valence-electron chi connectivity index (χ0n) is 21.1. The van der Waals surface area contributed by atoms with Crippen molar-refractivity contribution in [3.63, 3.8) is 0 Å². The van der Waals surface area contributed by atoms with E-state index in [9.17, 15) is 13.2 Å². The lowest BCUT2D eigenvalue weighted by atomic mass is 9.97. The second-order valence-corrected chi connectivity index (χ2v) is 11.5. The van der Waals surface area contributed by atoms with Gasteiger partial charge in [-0.25, -0.2) is 12.4 Å². The van der Waals surface area contributed by atoms with Crippen LogP contribution in [0.2, 0.25) is 5.02 Å². The van der Waals surface area contributed by atoms with Gasteiger partial charge in [0.1, 0.15) is 5.69 Å². The highest BCUT2D eigenvalue weighted by molar-refractivity contribution is 7.90. The molecule has 0 fully saturated rings. The van der Waals surface area contributed by atoms with Gasteiger partial charge in [-0.1, -0.05) is 29.3 Å². The second-order valence-electron chi connectivity index (χ2n) is 9.32. The zero-order valence-corrected chi connectivity index (χ0v) is 22.7. The Kier molecular flexibility index (Phi) is 6.91. The Morgan fingerprint density at radius 2 is 1.84 bits per heavy atom. The highest BCUT2D eigenvalue weighted by atomic mass is 35.5. The van der Waals surface area contributed by atoms with Gasteiger partial charge in [0.05, 0.1) is 22.4 Å². The van der Waals surface area contributed by atoms with E-state index >= 15 is 0 Å². The van der Waals surface area contributed by atoms with Crippen molar-refractivity contribution in [3.8, 4) is 28.8 Å². The van der Waals surface area contributed by atoms with E-state index in [1.807, 2.05) is 6.92 Å². The molecule has 3 heterocycles. The first kappa shape index (κ1) is 26.4. The Morgan fingerprint density at radius 1 is 1.16 bits per heavy atom. The van der Waals surface area contributed by atoms with Gasteiger partial charge in [-0.15, -0.1) is 15.0 Å². The third-order valence-corrected chi connectivity index (χ3v) is 7.37. The summed E-state index contributed by atoms with van der Waals surface area (Å²) >= 11 is 6.40. The average Bonchev–Trinajstić information content (AvgIpc) is 3.56. The number of aromatic nitrogens is 5. The van der Waals surface area contributed by atoms with Gasteiger partial charge in [-0.05, 0) is 58.0 Å². The highest BCUT2D eigenvalue weighted by Gasteiger charge is 2.29. The molecule has 1 atom stereocenters. The molecule has 0 saturated heterocycles. The number of ether oxygens (including phenoxy) is 2. The molecule has 0 aliphatic rings. The Balaban J connectivity index is 1.71. The number of methoxy groups -OCH3 is 1. The summed E-state index contributed by atoms with van der Waals surface area (Å²) in [6.07, 6.45) is 0.515. The first-order chi connectivity index (χ1) is 17.3. The monoisotopic (exact) mass is 547 g/mol. The van der Waals surface area contributed by atoms with Crippen LogP contribution in [0.3, 0.4) is 0 Å². The molecule has 4 aromatic rings. The number of esters is 1. The van der Waals surface area contributed by atoms with Crippen LogP contribution in [0.15, 0.2) is 51.9 Å². The Hall–Kier alpha value is -3.64. The van der Waals surface area contributed by atoms with Gasteiger partial charge in [0.25, 0.3) is 10.0 Å². The highest BCUT2D eigenvalue weighted by Crippen LogP contribution is 2.40. The summed E-state index contributed by atoms with van der Waals surface area (Å²) in [6.45, 7) is 8.67. The van der Waals surface area contributed by atoms with Crippen LogP contribution < -0.4 is 4.74 Å². The lowest BCUT2D eigenvalue weighted by Crippen LogP contribution is -2.26. The standard InChI is InChI=1S/C24H26ClN5O6S/c1-14-7-9-16(10-8-14)37(32,33)29-12-11-17(25)20(29)18-13-19(34-6)21(36-18)22-26-28-30(27-22)15(2)35-23(31)24(3,4)5/h7-13,15H,1-6H3. The zero-order chi connectivity index (χ0) is 27.1. The molecule has 37 heavy (non-hydrogen) atoms. The predicted molar refractivity (Wildman–Crippen MR) is 135 cm³/mol. The van der Waals surface area contributed by atoms with Crippen LogP contribution in [0.4, 0.5) is 0 Å². The first-order valence-electron chi connectivity index (χ1n) is 11.2. The quantitative estimate of drug-likeness (QED) is 0.301. The van der Waals surface area contributed by atoms with Gasteiger partial charge in [0, 0.05) is 12.3 Å². The molecular weight excluding hydrogens is 522 g/mol. The minimum Gasteiger partial charge on any atom is -0.493 e. The topological polar surface area (TPSA) is 131 Å². The number of tetrazole rings is 1. The van der Waals surface area contributed by atoms with E-state index in [-0.39, 0.29) is 38.7 Å². The van der Waals surface area contributed by atoms with Gasteiger partial charge in [-0.3, -0.25) is 4.79 Å². The number of carbonyl (C=O) groups is 1. The van der Waals surface area contributed by atoms with E-state index in [0.29, 0.717) is 0 Å². The number of rotatable bonds is 7. The van der Waals surface area contributed by atoms with Crippen LogP contribution in [-0.2, 0) is 19.6 Å². The molecule has 3 aromatic heterocycles. The maximum atomic E-state index is 13.4. The number of nitrogens with zero attached hydrogens (tertiary/aromatic N) is 5. The number of hydrogen-bond acceptors (Lipinski definition) is 9. The summed E-state index contributed by atoms with van der Waals surface area (Å²) in [6, 6.07) is 9.40. The van der Waals surface area contributed by atoms with E-state index in [0.717, 1.165) is 14.3 Å². The van der Waals surface area contributed by atoms with Crippen molar-refractivity contribution < 1.29 is 27.1 Å². The van der Waals surface area contributed by atoms with E-state index in [4.69, 9.17) is 25.5 Å². The molecular formula is C24H26ClN5O6S. The largest absolute Gasteiger partial charge is 0.493 e. The Labute approximate surface area is 219 Å². The number of carbonyl (C=O) groups excluding carboxylic acids is 1. The first-order valence-corrected chi connectivity index (χ1v) is 13.0. The third-order valence-electron chi connectivity index (χ3n) is 5.38. The number of benzene rings is 1. The Bertz CT molecular complexity index is 1550. The van der Waals surface area contributed by atoms with E-state index < -0.39 is 27.6 Å². The molecule has 0 amide bonds.